The Bertz CT molecular complexity index is 568. The van der Waals surface area contributed by atoms with E-state index in [1.165, 1.54) is 28.8 Å². The van der Waals surface area contributed by atoms with E-state index in [-0.39, 0.29) is 11.5 Å². The molecule has 1 aromatic carbocycles. The lowest BCUT2D eigenvalue weighted by Crippen LogP contribution is -1.98. The number of rotatable bonds is 3. The van der Waals surface area contributed by atoms with E-state index in [9.17, 15) is 9.18 Å². The maximum atomic E-state index is 12.9. The zero-order valence-corrected chi connectivity index (χ0v) is 9.71. The molecule has 4 nitrogen and oxygen atoms in total. The maximum Gasteiger partial charge on any atom is 0.355 e. The highest BCUT2D eigenvalue weighted by molar-refractivity contribution is 7.14. The highest BCUT2D eigenvalue weighted by Crippen LogP contribution is 2.23. The first-order chi connectivity index (χ1) is 8.06. The standard InChI is InChI=1S/C11H9FN2O2S/c1-6-4-7(12)2-3-8(6)13-11-14-9(5-17-11)10(15)16/h2-5H,1H3,(H,13,14)(H,15,16). The molecule has 0 aliphatic heterocycles. The first kappa shape index (κ1) is 11.5. The van der Waals surface area contributed by atoms with Crippen LogP contribution in [0.4, 0.5) is 15.2 Å². The molecule has 1 aromatic heterocycles. The Hall–Kier alpha value is -1.95. The minimum absolute atomic E-state index is 0.00253. The van der Waals surface area contributed by atoms with Crippen molar-refractivity contribution in [2.75, 3.05) is 5.32 Å². The van der Waals surface area contributed by atoms with E-state index < -0.39 is 5.97 Å². The molecular formula is C11H9FN2O2S. The van der Waals surface area contributed by atoms with Gasteiger partial charge in [0.2, 0.25) is 0 Å². The zero-order valence-electron chi connectivity index (χ0n) is 8.90. The molecule has 0 radical (unpaired) electrons. The van der Waals surface area contributed by atoms with E-state index in [0.29, 0.717) is 10.8 Å². The summed E-state index contributed by atoms with van der Waals surface area (Å²) in [6.45, 7) is 1.76. The van der Waals surface area contributed by atoms with Crippen LogP contribution in [0.15, 0.2) is 23.6 Å². The molecule has 2 aromatic rings. The molecule has 6 heteroatoms. The Morgan fingerprint density at radius 3 is 2.88 bits per heavy atom. The number of hydrogen-bond donors (Lipinski definition) is 2. The first-order valence-corrected chi connectivity index (χ1v) is 5.66. The molecule has 0 unspecified atom stereocenters. The van der Waals surface area contributed by atoms with Crippen molar-refractivity contribution in [3.8, 4) is 0 Å². The van der Waals surface area contributed by atoms with E-state index >= 15 is 0 Å². The van der Waals surface area contributed by atoms with Crippen LogP contribution in [0, 0.1) is 12.7 Å². The Kier molecular flexibility index (Phi) is 3.06. The lowest BCUT2D eigenvalue weighted by atomic mass is 10.2. The van der Waals surface area contributed by atoms with Crippen LogP contribution >= 0.6 is 11.3 Å². The summed E-state index contributed by atoms with van der Waals surface area (Å²) in [5.41, 5.74) is 1.44. The van der Waals surface area contributed by atoms with E-state index in [2.05, 4.69) is 10.3 Å². The highest BCUT2D eigenvalue weighted by atomic mass is 32.1. The van der Waals surface area contributed by atoms with Crippen molar-refractivity contribution in [1.29, 1.82) is 0 Å². The summed E-state index contributed by atoms with van der Waals surface area (Å²) in [5.74, 6) is -1.37. The fraction of sp³-hybridized carbons (Fsp3) is 0.0909. The number of anilines is 2. The van der Waals surface area contributed by atoms with Gasteiger partial charge in [0.25, 0.3) is 0 Å². The highest BCUT2D eigenvalue weighted by Gasteiger charge is 2.09. The molecule has 17 heavy (non-hydrogen) atoms. The minimum atomic E-state index is -1.06. The predicted octanol–water partition coefficient (Wildman–Crippen LogP) is 3.03. The Balaban J connectivity index is 2.22. The summed E-state index contributed by atoms with van der Waals surface area (Å²) >= 11 is 1.19. The number of nitrogens with one attached hydrogen (secondary N) is 1. The second kappa shape index (κ2) is 4.50. The number of aromatic carboxylic acids is 1. The van der Waals surface area contributed by atoms with Crippen molar-refractivity contribution < 1.29 is 14.3 Å². The third kappa shape index (κ3) is 2.59. The van der Waals surface area contributed by atoms with Crippen molar-refractivity contribution in [3.05, 3.63) is 40.7 Å². The molecule has 0 saturated heterocycles. The van der Waals surface area contributed by atoms with Crippen LogP contribution in [0.25, 0.3) is 0 Å². The number of nitrogens with zero attached hydrogens (tertiary/aromatic N) is 1. The van der Waals surface area contributed by atoms with Crippen molar-refractivity contribution in [1.82, 2.24) is 4.98 Å². The van der Waals surface area contributed by atoms with Gasteiger partial charge in [0.1, 0.15) is 5.82 Å². The van der Waals surface area contributed by atoms with Gasteiger partial charge in [0.15, 0.2) is 10.8 Å². The second-order valence-corrected chi connectivity index (χ2v) is 4.29. The van der Waals surface area contributed by atoms with Crippen molar-refractivity contribution in [3.63, 3.8) is 0 Å². The van der Waals surface area contributed by atoms with Gasteiger partial charge >= 0.3 is 5.97 Å². The van der Waals surface area contributed by atoms with Gasteiger partial charge in [-0.25, -0.2) is 14.2 Å². The Morgan fingerprint density at radius 1 is 1.53 bits per heavy atom. The molecule has 2 N–H and O–H groups in total. The molecule has 0 fully saturated rings. The van der Waals surface area contributed by atoms with Crippen LogP contribution in [0.3, 0.4) is 0 Å². The van der Waals surface area contributed by atoms with Gasteiger partial charge in [-0.15, -0.1) is 11.3 Å². The predicted molar refractivity (Wildman–Crippen MR) is 63.5 cm³/mol. The monoisotopic (exact) mass is 252 g/mol. The van der Waals surface area contributed by atoms with Gasteiger partial charge < -0.3 is 10.4 Å². The molecule has 0 atom stereocenters. The van der Waals surface area contributed by atoms with Crippen molar-refractivity contribution >= 4 is 28.1 Å². The number of carboxylic acid groups (broad SMARTS) is 1. The number of halogens is 1. The zero-order chi connectivity index (χ0) is 12.4. The van der Waals surface area contributed by atoms with Crippen molar-refractivity contribution in [2.24, 2.45) is 0 Å². The van der Waals surface area contributed by atoms with E-state index in [0.717, 1.165) is 5.56 Å². The van der Waals surface area contributed by atoms with Gasteiger partial charge in [0.05, 0.1) is 0 Å². The molecule has 0 saturated carbocycles. The summed E-state index contributed by atoms with van der Waals surface area (Å²) < 4.78 is 12.9. The number of aryl methyl sites for hydroxylation is 1. The van der Waals surface area contributed by atoms with Crippen LogP contribution in [0.2, 0.25) is 0 Å². The van der Waals surface area contributed by atoms with Gasteiger partial charge in [-0.1, -0.05) is 0 Å². The molecule has 0 aliphatic rings. The number of aromatic nitrogens is 1. The summed E-state index contributed by atoms with van der Waals surface area (Å²) in [6.07, 6.45) is 0. The maximum absolute atomic E-state index is 12.9. The van der Waals surface area contributed by atoms with E-state index in [1.54, 1.807) is 13.0 Å². The quantitative estimate of drug-likeness (QED) is 0.881. The molecule has 88 valence electrons. The Morgan fingerprint density at radius 2 is 2.29 bits per heavy atom. The molecule has 0 amide bonds. The molecule has 0 bridgehead atoms. The average Bonchev–Trinajstić information content (AvgIpc) is 2.71. The fourth-order valence-electron chi connectivity index (χ4n) is 1.31. The summed E-state index contributed by atoms with van der Waals surface area (Å²) in [7, 11) is 0. The third-order valence-corrected chi connectivity index (χ3v) is 2.91. The fourth-order valence-corrected chi connectivity index (χ4v) is 2.01. The normalized spacial score (nSPS) is 10.2. The van der Waals surface area contributed by atoms with Gasteiger partial charge in [-0.3, -0.25) is 0 Å². The van der Waals surface area contributed by atoms with Gasteiger partial charge in [-0.2, -0.15) is 0 Å². The SMILES string of the molecule is Cc1cc(F)ccc1Nc1nc(C(=O)O)cs1. The second-order valence-electron chi connectivity index (χ2n) is 3.43. The number of carboxylic acids is 1. The van der Waals surface area contributed by atoms with Crippen LogP contribution in [-0.2, 0) is 0 Å². The van der Waals surface area contributed by atoms with Crippen LogP contribution in [0.5, 0.6) is 0 Å². The third-order valence-electron chi connectivity index (χ3n) is 2.15. The van der Waals surface area contributed by atoms with Crippen LogP contribution < -0.4 is 5.32 Å². The summed E-state index contributed by atoms with van der Waals surface area (Å²) in [5, 5.41) is 13.6. The number of benzene rings is 1. The number of hydrogen-bond acceptors (Lipinski definition) is 4. The molecule has 1 heterocycles. The van der Waals surface area contributed by atoms with Crippen LogP contribution in [0.1, 0.15) is 16.1 Å². The minimum Gasteiger partial charge on any atom is -0.476 e. The molecule has 0 aliphatic carbocycles. The topological polar surface area (TPSA) is 62.2 Å². The number of thiazole rings is 1. The lowest BCUT2D eigenvalue weighted by molar-refractivity contribution is 0.0691. The smallest absolute Gasteiger partial charge is 0.355 e. The first-order valence-electron chi connectivity index (χ1n) is 4.78. The average molecular weight is 252 g/mol. The van der Waals surface area contributed by atoms with E-state index in [4.69, 9.17) is 5.11 Å². The van der Waals surface area contributed by atoms with Gasteiger partial charge in [-0.05, 0) is 30.7 Å². The van der Waals surface area contributed by atoms with Gasteiger partial charge in [0, 0.05) is 11.1 Å². The largest absolute Gasteiger partial charge is 0.476 e. The lowest BCUT2D eigenvalue weighted by Gasteiger charge is -2.05. The van der Waals surface area contributed by atoms with E-state index in [1.807, 2.05) is 0 Å². The molecule has 2 rings (SSSR count). The molecular weight excluding hydrogens is 243 g/mol. The summed E-state index contributed by atoms with van der Waals surface area (Å²) in [6, 6.07) is 4.32. The molecule has 0 spiro atoms. The van der Waals surface area contributed by atoms with Crippen LogP contribution in [-0.4, -0.2) is 16.1 Å². The number of carbonyl (C=O) groups is 1. The summed E-state index contributed by atoms with van der Waals surface area (Å²) in [4.78, 5) is 14.5. The van der Waals surface area contributed by atoms with Crippen molar-refractivity contribution in [2.45, 2.75) is 6.92 Å². The Labute approximate surface area is 101 Å².